The highest BCUT2D eigenvalue weighted by Crippen LogP contribution is 1.98. The number of nitrogens with one attached hydrogen (secondary N) is 2. The summed E-state index contributed by atoms with van der Waals surface area (Å²) in [6.45, 7) is 3.50. The van der Waals surface area contributed by atoms with E-state index in [0.29, 0.717) is 12.0 Å². The lowest BCUT2D eigenvalue weighted by Gasteiger charge is -2.15. The van der Waals surface area contributed by atoms with Crippen LogP contribution < -0.4 is 10.6 Å². The predicted octanol–water partition coefficient (Wildman–Crippen LogP) is 1.29. The zero-order valence-electron chi connectivity index (χ0n) is 9.49. The van der Waals surface area contributed by atoms with Crippen molar-refractivity contribution in [3.8, 4) is 0 Å². The van der Waals surface area contributed by atoms with Crippen LogP contribution in [0.25, 0.3) is 0 Å². The summed E-state index contributed by atoms with van der Waals surface area (Å²) < 4.78 is 0. The van der Waals surface area contributed by atoms with Crippen LogP contribution in [0.2, 0.25) is 0 Å². The van der Waals surface area contributed by atoms with Crippen LogP contribution in [0.3, 0.4) is 0 Å². The molecule has 0 aliphatic rings. The first-order valence-electron chi connectivity index (χ1n) is 5.28. The van der Waals surface area contributed by atoms with E-state index in [-0.39, 0.29) is 18.0 Å². The maximum Gasteiger partial charge on any atom is 0.252 e. The molecule has 4 nitrogen and oxygen atoms in total. The fourth-order valence-corrected chi connectivity index (χ4v) is 1.25. The monoisotopic (exact) mass is 220 g/mol. The Balaban J connectivity index is 2.49. The Morgan fingerprint density at radius 2 is 1.81 bits per heavy atom. The topological polar surface area (TPSA) is 58.2 Å². The molecule has 0 spiro atoms. The molecule has 1 atom stereocenters. The van der Waals surface area contributed by atoms with Crippen LogP contribution in [0.5, 0.6) is 0 Å². The number of hydrogen-bond acceptors (Lipinski definition) is 2. The molecule has 1 aromatic carbocycles. The minimum atomic E-state index is -0.361. The number of carbonyl (C=O) groups is 2. The van der Waals surface area contributed by atoms with E-state index in [1.807, 2.05) is 6.07 Å². The summed E-state index contributed by atoms with van der Waals surface area (Å²) in [7, 11) is 0. The summed E-state index contributed by atoms with van der Waals surface area (Å²) in [5, 5.41) is 5.35. The van der Waals surface area contributed by atoms with Crippen LogP contribution in [0.15, 0.2) is 30.3 Å². The molecule has 0 heterocycles. The molecule has 2 amide bonds. The van der Waals surface area contributed by atoms with Gasteiger partial charge in [-0.2, -0.15) is 0 Å². The van der Waals surface area contributed by atoms with Gasteiger partial charge in [0, 0.05) is 12.0 Å². The van der Waals surface area contributed by atoms with Crippen molar-refractivity contribution in [2.24, 2.45) is 0 Å². The minimum absolute atomic E-state index is 0.0825. The van der Waals surface area contributed by atoms with Gasteiger partial charge in [-0.25, -0.2) is 0 Å². The average Bonchev–Trinajstić information content (AvgIpc) is 2.29. The van der Waals surface area contributed by atoms with Crippen LogP contribution in [0.4, 0.5) is 0 Å². The molecule has 0 bridgehead atoms. The fraction of sp³-hybridized carbons (Fsp3) is 0.333. The van der Waals surface area contributed by atoms with Gasteiger partial charge >= 0.3 is 0 Å². The van der Waals surface area contributed by atoms with Gasteiger partial charge in [0.05, 0.1) is 6.17 Å². The van der Waals surface area contributed by atoms with E-state index >= 15 is 0 Å². The molecular formula is C12H16N2O2. The van der Waals surface area contributed by atoms with Crippen molar-refractivity contribution in [2.45, 2.75) is 26.4 Å². The molecule has 0 saturated heterocycles. The normalized spacial score (nSPS) is 11.6. The Morgan fingerprint density at radius 3 is 2.38 bits per heavy atom. The minimum Gasteiger partial charge on any atom is -0.336 e. The third-order valence-electron chi connectivity index (χ3n) is 2.08. The highest BCUT2D eigenvalue weighted by molar-refractivity contribution is 5.94. The Bertz CT molecular complexity index is 363. The lowest BCUT2D eigenvalue weighted by Crippen LogP contribution is -2.45. The van der Waals surface area contributed by atoms with E-state index in [1.54, 1.807) is 38.1 Å². The number of hydrogen-bond donors (Lipinski definition) is 2. The van der Waals surface area contributed by atoms with E-state index < -0.39 is 0 Å². The summed E-state index contributed by atoms with van der Waals surface area (Å²) in [4.78, 5) is 22.7. The van der Waals surface area contributed by atoms with E-state index in [0.717, 1.165) is 0 Å². The van der Waals surface area contributed by atoms with Gasteiger partial charge in [0.1, 0.15) is 0 Å². The third kappa shape index (κ3) is 3.73. The average molecular weight is 220 g/mol. The number of benzene rings is 1. The quantitative estimate of drug-likeness (QED) is 0.751. The first-order valence-corrected chi connectivity index (χ1v) is 5.28. The Labute approximate surface area is 95.0 Å². The SMILES string of the molecule is CCC(=O)NC(C)NC(=O)c1ccccc1. The first kappa shape index (κ1) is 12.2. The van der Waals surface area contributed by atoms with Crippen LogP contribution in [0, 0.1) is 0 Å². The van der Waals surface area contributed by atoms with Crippen LogP contribution in [-0.2, 0) is 4.79 Å². The van der Waals surface area contributed by atoms with E-state index in [1.165, 1.54) is 0 Å². The molecule has 0 radical (unpaired) electrons. The van der Waals surface area contributed by atoms with Crippen molar-refractivity contribution >= 4 is 11.8 Å². The second-order valence-electron chi connectivity index (χ2n) is 3.48. The molecule has 0 aliphatic heterocycles. The van der Waals surface area contributed by atoms with Crippen molar-refractivity contribution in [3.05, 3.63) is 35.9 Å². The van der Waals surface area contributed by atoms with E-state index in [4.69, 9.17) is 0 Å². The molecule has 4 heteroatoms. The van der Waals surface area contributed by atoms with Gasteiger partial charge in [-0.15, -0.1) is 0 Å². The van der Waals surface area contributed by atoms with Gasteiger partial charge in [-0.3, -0.25) is 9.59 Å². The maximum atomic E-state index is 11.7. The summed E-state index contributed by atoms with van der Waals surface area (Å²) in [6.07, 6.45) is 0.0473. The predicted molar refractivity (Wildman–Crippen MR) is 61.8 cm³/mol. The lowest BCUT2D eigenvalue weighted by molar-refractivity contribution is -0.121. The Hall–Kier alpha value is -1.84. The van der Waals surface area contributed by atoms with Crippen LogP contribution >= 0.6 is 0 Å². The van der Waals surface area contributed by atoms with Crippen molar-refractivity contribution < 1.29 is 9.59 Å². The molecule has 1 unspecified atom stereocenters. The van der Waals surface area contributed by atoms with Crippen LogP contribution in [0.1, 0.15) is 30.6 Å². The molecule has 16 heavy (non-hydrogen) atoms. The highest BCUT2D eigenvalue weighted by atomic mass is 16.2. The van der Waals surface area contributed by atoms with Crippen molar-refractivity contribution in [1.82, 2.24) is 10.6 Å². The highest BCUT2D eigenvalue weighted by Gasteiger charge is 2.10. The molecule has 1 aromatic rings. The number of amides is 2. The molecule has 0 fully saturated rings. The first-order chi connectivity index (χ1) is 7.63. The van der Waals surface area contributed by atoms with E-state index in [9.17, 15) is 9.59 Å². The summed E-state index contributed by atoms with van der Waals surface area (Å²) in [6, 6.07) is 8.89. The van der Waals surface area contributed by atoms with Gasteiger partial charge in [0.25, 0.3) is 5.91 Å². The van der Waals surface area contributed by atoms with Gasteiger partial charge in [0.2, 0.25) is 5.91 Å². The van der Waals surface area contributed by atoms with Gasteiger partial charge < -0.3 is 10.6 Å². The van der Waals surface area contributed by atoms with Crippen LogP contribution in [-0.4, -0.2) is 18.0 Å². The molecule has 1 rings (SSSR count). The zero-order valence-corrected chi connectivity index (χ0v) is 9.49. The van der Waals surface area contributed by atoms with Gasteiger partial charge in [0.15, 0.2) is 0 Å². The van der Waals surface area contributed by atoms with Gasteiger partial charge in [-0.05, 0) is 19.1 Å². The largest absolute Gasteiger partial charge is 0.336 e. The fourth-order valence-electron chi connectivity index (χ4n) is 1.25. The van der Waals surface area contributed by atoms with Crippen molar-refractivity contribution in [3.63, 3.8) is 0 Å². The van der Waals surface area contributed by atoms with Crippen molar-refractivity contribution in [2.75, 3.05) is 0 Å². The lowest BCUT2D eigenvalue weighted by atomic mass is 10.2. The second-order valence-corrected chi connectivity index (χ2v) is 3.48. The standard InChI is InChI=1S/C12H16N2O2/c1-3-11(15)13-9(2)14-12(16)10-7-5-4-6-8-10/h4-9H,3H2,1-2H3,(H,13,15)(H,14,16). The number of carbonyl (C=O) groups excluding carboxylic acids is 2. The summed E-state index contributed by atoms with van der Waals surface area (Å²) >= 11 is 0. The molecular weight excluding hydrogens is 204 g/mol. The smallest absolute Gasteiger partial charge is 0.252 e. The Kier molecular flexibility index (Phi) is 4.51. The maximum absolute atomic E-state index is 11.7. The van der Waals surface area contributed by atoms with Crippen molar-refractivity contribution in [1.29, 1.82) is 0 Å². The van der Waals surface area contributed by atoms with Gasteiger partial charge in [-0.1, -0.05) is 25.1 Å². The Morgan fingerprint density at radius 1 is 1.19 bits per heavy atom. The third-order valence-corrected chi connectivity index (χ3v) is 2.08. The molecule has 0 aromatic heterocycles. The summed E-state index contributed by atoms with van der Waals surface area (Å²) in [5.41, 5.74) is 0.583. The zero-order chi connectivity index (χ0) is 12.0. The van der Waals surface area contributed by atoms with E-state index in [2.05, 4.69) is 10.6 Å². The molecule has 2 N–H and O–H groups in total. The number of rotatable bonds is 4. The second kappa shape index (κ2) is 5.90. The summed E-state index contributed by atoms with van der Waals surface area (Å²) in [5.74, 6) is -0.273. The molecule has 86 valence electrons. The molecule has 0 saturated carbocycles. The molecule has 0 aliphatic carbocycles.